The Morgan fingerprint density at radius 3 is 1.84 bits per heavy atom. The van der Waals surface area contributed by atoms with Crippen LogP contribution in [0, 0.1) is 11.8 Å². The molecule has 45 heavy (non-hydrogen) atoms. The molecule has 1 atom stereocenters. The third kappa shape index (κ3) is 29.4. The molecule has 0 radical (unpaired) electrons. The second kappa shape index (κ2) is 29.6. The van der Waals surface area contributed by atoms with E-state index in [2.05, 4.69) is 30.9 Å². The Labute approximate surface area is 275 Å². The summed E-state index contributed by atoms with van der Waals surface area (Å²) in [5.74, 6) is 4.84. The van der Waals surface area contributed by atoms with Crippen LogP contribution in [0.5, 0.6) is 0 Å². The van der Waals surface area contributed by atoms with Crippen molar-refractivity contribution in [2.75, 3.05) is 6.61 Å². The van der Waals surface area contributed by atoms with Crippen LogP contribution < -0.4 is 0 Å². The van der Waals surface area contributed by atoms with Crippen molar-refractivity contribution in [1.29, 1.82) is 0 Å². The Morgan fingerprint density at radius 1 is 0.711 bits per heavy atom. The van der Waals surface area contributed by atoms with Crippen LogP contribution in [0.1, 0.15) is 157 Å². The summed E-state index contributed by atoms with van der Waals surface area (Å²) in [7, 11) is 0. The number of ether oxygens (including phenoxy) is 3. The summed E-state index contributed by atoms with van der Waals surface area (Å²) in [5, 5.41) is 0. The zero-order chi connectivity index (χ0) is 33.5. The van der Waals surface area contributed by atoms with Crippen molar-refractivity contribution >= 4 is 17.9 Å². The van der Waals surface area contributed by atoms with Gasteiger partial charge in [-0.2, -0.15) is 0 Å². The number of hydrogen-bond donors (Lipinski definition) is 0. The number of carbonyl (C=O) groups excluding carboxylic acids is 3. The Balaban J connectivity index is 4.36. The van der Waals surface area contributed by atoms with Crippen LogP contribution >= 0.6 is 0 Å². The van der Waals surface area contributed by atoms with E-state index in [1.54, 1.807) is 0 Å². The highest BCUT2D eigenvalue weighted by Gasteiger charge is 2.18. The molecule has 0 aromatic rings. The minimum absolute atomic E-state index is 0.111. The van der Waals surface area contributed by atoms with E-state index in [9.17, 15) is 14.4 Å². The molecule has 0 aliphatic carbocycles. The first-order valence-corrected chi connectivity index (χ1v) is 17.3. The van der Waals surface area contributed by atoms with Crippen LogP contribution in [0.4, 0.5) is 0 Å². The first-order valence-electron chi connectivity index (χ1n) is 17.3. The molecule has 0 saturated heterocycles. The lowest BCUT2D eigenvalue weighted by atomic mass is 10.0. The van der Waals surface area contributed by atoms with Gasteiger partial charge >= 0.3 is 17.9 Å². The van der Waals surface area contributed by atoms with Crippen molar-refractivity contribution in [1.82, 2.24) is 0 Å². The lowest BCUT2D eigenvalue weighted by Gasteiger charge is -2.19. The normalized spacial score (nSPS) is 12.3. The van der Waals surface area contributed by atoms with E-state index in [1.165, 1.54) is 97.2 Å². The monoisotopic (exact) mass is 626 g/mol. The fraction of sp³-hybridized carbons (Fsp3) is 0.667. The quantitative estimate of drug-likeness (QED) is 0.0250. The predicted molar refractivity (Wildman–Crippen MR) is 185 cm³/mol. The maximum atomic E-state index is 12.3. The minimum Gasteiger partial charge on any atom is -0.465 e. The molecule has 0 aromatic heterocycles. The lowest BCUT2D eigenvalue weighted by Crippen LogP contribution is -2.21. The molecular formula is C39H62O6. The van der Waals surface area contributed by atoms with E-state index in [-0.39, 0.29) is 19.0 Å². The largest absolute Gasteiger partial charge is 0.465 e. The highest BCUT2D eigenvalue weighted by Crippen LogP contribution is 2.19. The van der Waals surface area contributed by atoms with Crippen LogP contribution in [0.25, 0.3) is 0 Å². The molecule has 0 bridgehead atoms. The summed E-state index contributed by atoms with van der Waals surface area (Å²) in [6.07, 6.45) is 28.5. The van der Waals surface area contributed by atoms with Crippen LogP contribution in [0.15, 0.2) is 47.3 Å². The number of hydrogen-bond acceptors (Lipinski definition) is 6. The van der Waals surface area contributed by atoms with Crippen molar-refractivity contribution in [3.05, 3.63) is 47.3 Å². The third-order valence-corrected chi connectivity index (χ3v) is 7.16. The molecular weight excluding hydrogens is 564 g/mol. The Hall–Kier alpha value is -3.07. The number of carbonyl (C=O) groups is 3. The Bertz CT molecular complexity index is 1000. The standard InChI is InChI=1S/C39H62O6/c1-7-8-9-10-11-12-13-14-15-16-17-18-19-20-21-22-23-27-39(42)43-31-30-37(32-44-35(5)40)38(45-36(6)41)29-28-34(4)26-24-25-33(2)3/h14-15,25,28,32,38H,7-13,16-23,27,29-31H2,1-6H3/b15-14+,34-28+,37-32-. The van der Waals surface area contributed by atoms with Gasteiger partial charge in [-0.05, 0) is 64.5 Å². The van der Waals surface area contributed by atoms with E-state index in [0.717, 1.165) is 30.4 Å². The van der Waals surface area contributed by atoms with Crippen molar-refractivity contribution in [2.24, 2.45) is 0 Å². The Morgan fingerprint density at radius 2 is 1.29 bits per heavy atom. The predicted octanol–water partition coefficient (Wildman–Crippen LogP) is 10.4. The van der Waals surface area contributed by atoms with Crippen molar-refractivity contribution in [3.8, 4) is 11.8 Å². The van der Waals surface area contributed by atoms with Gasteiger partial charge in [-0.25, -0.2) is 0 Å². The van der Waals surface area contributed by atoms with Crippen molar-refractivity contribution < 1.29 is 28.6 Å². The molecule has 1 unspecified atom stereocenters. The summed E-state index contributed by atoms with van der Waals surface area (Å²) in [5.41, 5.74) is 2.49. The summed E-state index contributed by atoms with van der Waals surface area (Å²) in [4.78, 5) is 35.6. The highest BCUT2D eigenvalue weighted by molar-refractivity contribution is 5.69. The summed E-state index contributed by atoms with van der Waals surface area (Å²) < 4.78 is 16.1. The summed E-state index contributed by atoms with van der Waals surface area (Å²) in [6, 6.07) is 0. The van der Waals surface area contributed by atoms with E-state index in [0.29, 0.717) is 18.4 Å². The molecule has 6 heteroatoms. The van der Waals surface area contributed by atoms with E-state index >= 15 is 0 Å². The zero-order valence-electron chi connectivity index (χ0n) is 29.3. The van der Waals surface area contributed by atoms with Gasteiger partial charge in [0.05, 0.1) is 12.9 Å². The average molecular weight is 627 g/mol. The second-order valence-electron chi connectivity index (χ2n) is 12.0. The molecule has 0 spiro atoms. The van der Waals surface area contributed by atoms with Gasteiger partial charge in [-0.3, -0.25) is 14.4 Å². The first-order chi connectivity index (χ1) is 21.6. The first kappa shape index (κ1) is 41.9. The molecule has 0 saturated carbocycles. The molecule has 254 valence electrons. The molecule has 0 heterocycles. The van der Waals surface area contributed by atoms with Crippen LogP contribution in [0.2, 0.25) is 0 Å². The van der Waals surface area contributed by atoms with Crippen molar-refractivity contribution in [2.45, 2.75) is 163 Å². The van der Waals surface area contributed by atoms with Gasteiger partial charge in [-0.1, -0.05) is 107 Å². The van der Waals surface area contributed by atoms with Gasteiger partial charge in [-0.15, -0.1) is 0 Å². The molecule has 0 aliphatic heterocycles. The van der Waals surface area contributed by atoms with Gasteiger partial charge in [0.2, 0.25) is 0 Å². The van der Waals surface area contributed by atoms with Gasteiger partial charge in [0.25, 0.3) is 0 Å². The van der Waals surface area contributed by atoms with E-state index in [1.807, 2.05) is 32.9 Å². The molecule has 0 aromatic carbocycles. The van der Waals surface area contributed by atoms with E-state index in [4.69, 9.17) is 14.2 Å². The van der Waals surface area contributed by atoms with E-state index < -0.39 is 18.0 Å². The van der Waals surface area contributed by atoms with Crippen molar-refractivity contribution in [3.63, 3.8) is 0 Å². The summed E-state index contributed by atoms with van der Waals surface area (Å²) >= 11 is 0. The number of esters is 3. The van der Waals surface area contributed by atoms with Gasteiger partial charge in [0.15, 0.2) is 0 Å². The second-order valence-corrected chi connectivity index (χ2v) is 12.0. The molecule has 0 amide bonds. The number of rotatable bonds is 25. The molecule has 6 nitrogen and oxygen atoms in total. The molecule has 0 N–H and O–H groups in total. The maximum Gasteiger partial charge on any atom is 0.307 e. The molecule has 0 aliphatic rings. The third-order valence-electron chi connectivity index (χ3n) is 7.16. The molecule has 0 fully saturated rings. The fourth-order valence-corrected chi connectivity index (χ4v) is 4.61. The SMILES string of the molecule is CCCCCCCC/C=C/CCCCCCCCCC(=O)OCC/C(=C/OC(C)=O)C(C/C=C(\C)C#CC=C(C)C)OC(C)=O. The van der Waals surface area contributed by atoms with Gasteiger partial charge in [0, 0.05) is 38.7 Å². The summed E-state index contributed by atoms with van der Waals surface area (Å²) in [6.45, 7) is 10.8. The minimum atomic E-state index is -0.665. The van der Waals surface area contributed by atoms with Crippen LogP contribution in [-0.4, -0.2) is 30.6 Å². The topological polar surface area (TPSA) is 78.9 Å². The number of allylic oxidation sites excluding steroid dienone is 5. The van der Waals surface area contributed by atoms with Crippen LogP contribution in [-0.2, 0) is 28.6 Å². The molecule has 0 rings (SSSR count). The number of unbranched alkanes of at least 4 members (excludes halogenated alkanes) is 13. The lowest BCUT2D eigenvalue weighted by molar-refractivity contribution is -0.146. The average Bonchev–Trinajstić information content (AvgIpc) is 2.98. The highest BCUT2D eigenvalue weighted by atomic mass is 16.6. The zero-order valence-corrected chi connectivity index (χ0v) is 29.3. The maximum absolute atomic E-state index is 12.3. The van der Waals surface area contributed by atoms with Gasteiger partial charge in [0.1, 0.15) is 6.10 Å². The smallest absolute Gasteiger partial charge is 0.307 e. The Kier molecular flexibility index (Phi) is 27.6. The van der Waals surface area contributed by atoms with Crippen LogP contribution in [0.3, 0.4) is 0 Å². The fourth-order valence-electron chi connectivity index (χ4n) is 4.61. The van der Waals surface area contributed by atoms with Gasteiger partial charge < -0.3 is 14.2 Å².